The molecule has 0 aromatic heterocycles. The molecule has 1 N–H and O–H groups in total. The molecule has 0 aliphatic heterocycles. The lowest BCUT2D eigenvalue weighted by molar-refractivity contribution is -0.137. The number of hydrazone groups is 1. The Balaban J connectivity index is 2.32. The van der Waals surface area contributed by atoms with Crippen LogP contribution in [0.5, 0.6) is 0 Å². The van der Waals surface area contributed by atoms with Crippen LogP contribution in [0.1, 0.15) is 16.7 Å². The van der Waals surface area contributed by atoms with E-state index in [-0.39, 0.29) is 15.8 Å². The van der Waals surface area contributed by atoms with Gasteiger partial charge in [0.1, 0.15) is 0 Å². The minimum absolute atomic E-state index is 0.0138. The van der Waals surface area contributed by atoms with Gasteiger partial charge in [-0.15, -0.1) is 0 Å². The molecular weight excluding hydrogens is 336 g/mol. The number of hydrogen-bond acceptors (Lipinski definition) is 2. The molecule has 0 saturated heterocycles. The van der Waals surface area contributed by atoms with Gasteiger partial charge in [-0.1, -0.05) is 41.4 Å². The van der Waals surface area contributed by atoms with E-state index in [2.05, 4.69) is 10.5 Å². The lowest BCUT2D eigenvalue weighted by Crippen LogP contribution is -2.08. The lowest BCUT2D eigenvalue weighted by Gasteiger charge is -2.12. The molecule has 0 radical (unpaired) electrons. The smallest absolute Gasteiger partial charge is 0.277 e. The zero-order valence-corrected chi connectivity index (χ0v) is 12.9. The number of hydrogen-bond donors (Lipinski definition) is 1. The molecule has 0 aliphatic rings. The highest BCUT2D eigenvalue weighted by molar-refractivity contribution is 6.70. The molecule has 0 fully saturated rings. The Bertz CT molecular complexity index is 675. The molecule has 22 heavy (non-hydrogen) atoms. The third-order valence-corrected chi connectivity index (χ3v) is 3.45. The highest BCUT2D eigenvalue weighted by Gasteiger charge is 2.32. The molecule has 0 atom stereocenters. The van der Waals surface area contributed by atoms with Crippen molar-refractivity contribution in [2.45, 2.75) is 13.1 Å². The number of rotatable bonds is 3. The molecule has 0 aliphatic carbocycles. The SMILES string of the molecule is Cc1cc(C(F)(F)F)cc(Cl)c1C(Cl)=NNc1ccccc1. The van der Waals surface area contributed by atoms with Crippen LogP contribution in [0.15, 0.2) is 47.6 Å². The molecule has 0 saturated carbocycles. The Morgan fingerprint density at radius 1 is 1.14 bits per heavy atom. The number of halogens is 5. The fourth-order valence-corrected chi connectivity index (χ4v) is 2.55. The van der Waals surface area contributed by atoms with Gasteiger partial charge in [0.15, 0.2) is 5.17 Å². The van der Waals surface area contributed by atoms with Crippen LogP contribution in [-0.4, -0.2) is 5.17 Å². The molecule has 0 amide bonds. The van der Waals surface area contributed by atoms with Gasteiger partial charge in [0.2, 0.25) is 0 Å². The second-order valence-electron chi connectivity index (χ2n) is 4.53. The van der Waals surface area contributed by atoms with Gasteiger partial charge >= 0.3 is 6.18 Å². The molecule has 0 unspecified atom stereocenters. The van der Waals surface area contributed by atoms with Gasteiger partial charge in [0.25, 0.3) is 0 Å². The van der Waals surface area contributed by atoms with Crippen molar-refractivity contribution < 1.29 is 13.2 Å². The second kappa shape index (κ2) is 6.58. The summed E-state index contributed by atoms with van der Waals surface area (Å²) in [5.41, 5.74) is 3.15. The summed E-state index contributed by atoms with van der Waals surface area (Å²) in [7, 11) is 0. The molecule has 0 spiro atoms. The zero-order valence-electron chi connectivity index (χ0n) is 11.4. The number of aryl methyl sites for hydroxylation is 1. The van der Waals surface area contributed by atoms with E-state index in [9.17, 15) is 13.2 Å². The van der Waals surface area contributed by atoms with Gasteiger partial charge in [0.05, 0.1) is 16.3 Å². The number of nitrogens with zero attached hydrogens (tertiary/aromatic N) is 1. The quantitative estimate of drug-likeness (QED) is 0.561. The Hall–Kier alpha value is -1.72. The van der Waals surface area contributed by atoms with E-state index in [0.29, 0.717) is 11.3 Å². The highest BCUT2D eigenvalue weighted by atomic mass is 35.5. The summed E-state index contributed by atoms with van der Waals surface area (Å²) in [6.45, 7) is 1.50. The summed E-state index contributed by atoms with van der Waals surface area (Å²) in [5, 5.41) is 3.83. The van der Waals surface area contributed by atoms with E-state index in [1.54, 1.807) is 12.1 Å². The van der Waals surface area contributed by atoms with Crippen LogP contribution in [0.3, 0.4) is 0 Å². The maximum atomic E-state index is 12.7. The van der Waals surface area contributed by atoms with Crippen molar-refractivity contribution in [3.05, 3.63) is 64.2 Å². The molecule has 0 bridgehead atoms. The Morgan fingerprint density at radius 2 is 1.77 bits per heavy atom. The zero-order chi connectivity index (χ0) is 16.3. The van der Waals surface area contributed by atoms with Crippen LogP contribution in [-0.2, 0) is 6.18 Å². The van der Waals surface area contributed by atoms with Crippen molar-refractivity contribution in [2.24, 2.45) is 5.10 Å². The first-order valence-electron chi connectivity index (χ1n) is 6.21. The van der Waals surface area contributed by atoms with Crippen molar-refractivity contribution in [1.29, 1.82) is 0 Å². The molecule has 2 nitrogen and oxygen atoms in total. The number of alkyl halides is 3. The van der Waals surface area contributed by atoms with Crippen LogP contribution in [0, 0.1) is 6.92 Å². The number of para-hydroxylation sites is 1. The van der Waals surface area contributed by atoms with E-state index in [0.717, 1.165) is 12.1 Å². The van der Waals surface area contributed by atoms with Gasteiger partial charge in [-0.05, 0) is 36.8 Å². The van der Waals surface area contributed by atoms with E-state index >= 15 is 0 Å². The van der Waals surface area contributed by atoms with E-state index in [4.69, 9.17) is 23.2 Å². The minimum atomic E-state index is -4.46. The fraction of sp³-hybridized carbons (Fsp3) is 0.133. The van der Waals surface area contributed by atoms with Gasteiger partial charge in [-0.2, -0.15) is 18.3 Å². The first-order valence-corrected chi connectivity index (χ1v) is 6.96. The van der Waals surface area contributed by atoms with E-state index < -0.39 is 11.7 Å². The Kier molecular flexibility index (Phi) is 4.98. The molecule has 7 heteroatoms. The minimum Gasteiger partial charge on any atom is -0.277 e. The van der Waals surface area contributed by atoms with Crippen molar-refractivity contribution in [3.63, 3.8) is 0 Å². The molecule has 2 rings (SSSR count). The van der Waals surface area contributed by atoms with Crippen LogP contribution >= 0.6 is 23.2 Å². The van der Waals surface area contributed by atoms with Crippen LogP contribution in [0.4, 0.5) is 18.9 Å². The van der Waals surface area contributed by atoms with Crippen LogP contribution in [0.2, 0.25) is 5.02 Å². The average molecular weight is 347 g/mol. The topological polar surface area (TPSA) is 24.4 Å². The van der Waals surface area contributed by atoms with Crippen molar-refractivity contribution >= 4 is 34.1 Å². The summed E-state index contributed by atoms with van der Waals surface area (Å²) in [5.74, 6) is 0. The lowest BCUT2D eigenvalue weighted by atomic mass is 10.1. The van der Waals surface area contributed by atoms with Gasteiger partial charge in [0, 0.05) is 5.56 Å². The van der Waals surface area contributed by atoms with Gasteiger partial charge < -0.3 is 0 Å². The molecular formula is C15H11Cl2F3N2. The average Bonchev–Trinajstić information content (AvgIpc) is 2.44. The van der Waals surface area contributed by atoms with Crippen molar-refractivity contribution in [1.82, 2.24) is 0 Å². The highest BCUT2D eigenvalue weighted by Crippen LogP contribution is 2.34. The number of benzene rings is 2. The predicted octanol–water partition coefficient (Wildman–Crippen LogP) is 5.68. The standard InChI is InChI=1S/C15H11Cl2F3N2/c1-9-7-10(15(18,19)20)8-12(16)13(9)14(17)22-21-11-5-3-2-4-6-11/h2-8,21H,1H3. The summed E-state index contributed by atoms with van der Waals surface area (Å²) >= 11 is 12.0. The number of anilines is 1. The summed E-state index contributed by atoms with van der Waals surface area (Å²) in [6, 6.07) is 10.8. The fourth-order valence-electron chi connectivity index (χ4n) is 1.85. The van der Waals surface area contributed by atoms with Gasteiger partial charge in [-0.3, -0.25) is 5.43 Å². The molecule has 2 aromatic rings. The largest absolute Gasteiger partial charge is 0.416 e. The first kappa shape index (κ1) is 16.6. The first-order chi connectivity index (χ1) is 10.3. The number of nitrogens with one attached hydrogen (secondary N) is 1. The monoisotopic (exact) mass is 346 g/mol. The van der Waals surface area contributed by atoms with Crippen LogP contribution < -0.4 is 5.43 Å². The third kappa shape index (κ3) is 3.93. The van der Waals surface area contributed by atoms with Crippen LogP contribution in [0.25, 0.3) is 0 Å². The summed E-state index contributed by atoms with van der Waals surface area (Å²) in [4.78, 5) is 0. The predicted molar refractivity (Wildman–Crippen MR) is 83.6 cm³/mol. The maximum Gasteiger partial charge on any atom is 0.416 e. The van der Waals surface area contributed by atoms with Crippen molar-refractivity contribution in [3.8, 4) is 0 Å². The molecule has 2 aromatic carbocycles. The Labute approximate surface area is 135 Å². The molecule has 0 heterocycles. The van der Waals surface area contributed by atoms with Crippen molar-refractivity contribution in [2.75, 3.05) is 5.43 Å². The normalized spacial score (nSPS) is 12.4. The summed E-state index contributed by atoms with van der Waals surface area (Å²) in [6.07, 6.45) is -4.46. The maximum absolute atomic E-state index is 12.7. The van der Waals surface area contributed by atoms with Gasteiger partial charge in [-0.25, -0.2) is 0 Å². The second-order valence-corrected chi connectivity index (χ2v) is 5.29. The summed E-state index contributed by atoms with van der Waals surface area (Å²) < 4.78 is 38.1. The van der Waals surface area contributed by atoms with E-state index in [1.165, 1.54) is 6.92 Å². The van der Waals surface area contributed by atoms with E-state index in [1.807, 2.05) is 18.2 Å². The molecule has 116 valence electrons. The third-order valence-electron chi connectivity index (χ3n) is 2.88. The Morgan fingerprint density at radius 3 is 2.32 bits per heavy atom.